The Kier molecular flexibility index (Phi) is 2.90. The second-order valence-electron chi connectivity index (χ2n) is 4.19. The first-order valence-corrected chi connectivity index (χ1v) is 5.90. The molecule has 0 saturated heterocycles. The summed E-state index contributed by atoms with van der Waals surface area (Å²) in [5.74, 6) is -0.467. The minimum Gasteiger partial charge on any atom is -0.421 e. The molecule has 2 heterocycles. The monoisotopic (exact) mass is 271 g/mol. The Morgan fingerprint density at radius 3 is 2.80 bits per heavy atom. The maximum absolute atomic E-state index is 13.5. The van der Waals surface area contributed by atoms with E-state index < -0.39 is 5.82 Å². The molecule has 0 radical (unpaired) electrons. The van der Waals surface area contributed by atoms with Gasteiger partial charge in [0.1, 0.15) is 5.65 Å². The molecule has 0 aliphatic carbocycles. The maximum atomic E-state index is 13.5. The summed E-state index contributed by atoms with van der Waals surface area (Å²) in [5.41, 5.74) is 0.242. The van der Waals surface area contributed by atoms with Crippen LogP contribution in [-0.4, -0.2) is 14.5 Å². The highest BCUT2D eigenvalue weighted by Gasteiger charge is 2.08. The van der Waals surface area contributed by atoms with Gasteiger partial charge in [-0.3, -0.25) is 9.36 Å². The fourth-order valence-corrected chi connectivity index (χ4v) is 1.81. The highest BCUT2D eigenvalue weighted by Crippen LogP contribution is 2.22. The highest BCUT2D eigenvalue weighted by atomic mass is 19.1. The SMILES string of the molecule is Cn1c(=O)ccc2cnc(Oc3ccccc3F)nc21. The Bertz CT molecular complexity index is 845. The van der Waals surface area contributed by atoms with E-state index in [-0.39, 0.29) is 17.3 Å². The maximum Gasteiger partial charge on any atom is 0.324 e. The quantitative estimate of drug-likeness (QED) is 0.717. The van der Waals surface area contributed by atoms with Gasteiger partial charge in [0, 0.05) is 24.7 Å². The number of benzene rings is 1. The fraction of sp³-hybridized carbons (Fsp3) is 0.0714. The van der Waals surface area contributed by atoms with E-state index in [9.17, 15) is 9.18 Å². The topological polar surface area (TPSA) is 57.0 Å². The van der Waals surface area contributed by atoms with Crippen molar-refractivity contribution in [1.29, 1.82) is 0 Å². The molecule has 0 unspecified atom stereocenters. The molecule has 0 aliphatic heterocycles. The Morgan fingerprint density at radius 2 is 2.00 bits per heavy atom. The van der Waals surface area contributed by atoms with E-state index in [4.69, 9.17) is 4.74 Å². The number of rotatable bonds is 2. The van der Waals surface area contributed by atoms with Gasteiger partial charge in [0.25, 0.3) is 5.56 Å². The molecule has 0 spiro atoms. The number of hydrogen-bond acceptors (Lipinski definition) is 4. The smallest absolute Gasteiger partial charge is 0.324 e. The Morgan fingerprint density at radius 1 is 1.20 bits per heavy atom. The lowest BCUT2D eigenvalue weighted by molar-refractivity contribution is 0.412. The van der Waals surface area contributed by atoms with E-state index in [1.807, 2.05) is 0 Å². The number of pyridine rings is 1. The predicted molar refractivity (Wildman–Crippen MR) is 71.3 cm³/mol. The summed E-state index contributed by atoms with van der Waals surface area (Å²) < 4.78 is 20.2. The van der Waals surface area contributed by atoms with E-state index in [1.54, 1.807) is 25.2 Å². The van der Waals surface area contributed by atoms with Gasteiger partial charge in [-0.05, 0) is 18.2 Å². The van der Waals surface area contributed by atoms with Crippen molar-refractivity contribution in [1.82, 2.24) is 14.5 Å². The predicted octanol–water partition coefficient (Wildman–Crippen LogP) is 2.26. The molecule has 1 aromatic carbocycles. The van der Waals surface area contributed by atoms with Gasteiger partial charge in [-0.1, -0.05) is 12.1 Å². The lowest BCUT2D eigenvalue weighted by atomic mass is 10.3. The van der Waals surface area contributed by atoms with Crippen molar-refractivity contribution in [3.8, 4) is 11.8 Å². The normalized spacial score (nSPS) is 10.7. The first-order valence-electron chi connectivity index (χ1n) is 5.90. The fourth-order valence-electron chi connectivity index (χ4n) is 1.81. The van der Waals surface area contributed by atoms with Gasteiger partial charge >= 0.3 is 6.01 Å². The van der Waals surface area contributed by atoms with Crippen molar-refractivity contribution < 1.29 is 9.13 Å². The van der Waals surface area contributed by atoms with E-state index in [1.165, 1.54) is 29.0 Å². The van der Waals surface area contributed by atoms with E-state index in [2.05, 4.69) is 9.97 Å². The number of ether oxygens (including phenoxy) is 1. The zero-order valence-electron chi connectivity index (χ0n) is 10.6. The Balaban J connectivity index is 2.07. The molecule has 0 atom stereocenters. The molecule has 6 heteroatoms. The summed E-state index contributed by atoms with van der Waals surface area (Å²) in [7, 11) is 1.60. The van der Waals surface area contributed by atoms with Crippen LogP contribution in [-0.2, 0) is 7.05 Å². The average molecular weight is 271 g/mol. The van der Waals surface area contributed by atoms with Crippen LogP contribution in [0.3, 0.4) is 0 Å². The van der Waals surface area contributed by atoms with Gasteiger partial charge in [0.05, 0.1) is 0 Å². The first-order chi connectivity index (χ1) is 9.65. The number of para-hydroxylation sites is 1. The van der Waals surface area contributed by atoms with Gasteiger partial charge in [0.15, 0.2) is 11.6 Å². The summed E-state index contributed by atoms with van der Waals surface area (Å²) in [5, 5.41) is 0.702. The molecule has 20 heavy (non-hydrogen) atoms. The van der Waals surface area contributed by atoms with Crippen LogP contribution in [0.5, 0.6) is 11.8 Å². The summed E-state index contributed by atoms with van der Waals surface area (Å²) in [6, 6.07) is 9.03. The third kappa shape index (κ3) is 2.11. The van der Waals surface area contributed by atoms with Crippen molar-refractivity contribution >= 4 is 11.0 Å². The summed E-state index contributed by atoms with van der Waals surface area (Å²) in [6.07, 6.45) is 1.53. The van der Waals surface area contributed by atoms with Gasteiger partial charge in [-0.2, -0.15) is 4.98 Å². The van der Waals surface area contributed by atoms with Gasteiger partial charge < -0.3 is 4.74 Å². The van der Waals surface area contributed by atoms with Crippen LogP contribution >= 0.6 is 0 Å². The van der Waals surface area contributed by atoms with E-state index in [0.717, 1.165) is 0 Å². The number of nitrogens with zero attached hydrogens (tertiary/aromatic N) is 3. The molecule has 5 nitrogen and oxygen atoms in total. The number of hydrogen-bond donors (Lipinski definition) is 0. The van der Waals surface area contributed by atoms with Crippen LogP contribution in [0.2, 0.25) is 0 Å². The van der Waals surface area contributed by atoms with E-state index in [0.29, 0.717) is 11.0 Å². The lowest BCUT2D eigenvalue weighted by Gasteiger charge is -2.07. The molecule has 0 amide bonds. The zero-order valence-corrected chi connectivity index (χ0v) is 10.6. The minimum absolute atomic E-state index is 0.0104. The van der Waals surface area contributed by atoms with E-state index >= 15 is 0 Å². The molecule has 0 N–H and O–H groups in total. The standard InChI is InChI=1S/C14H10FN3O2/c1-18-12(19)7-6-9-8-16-14(17-13(9)18)20-11-5-3-2-4-10(11)15/h2-8H,1H3. The number of fused-ring (bicyclic) bond motifs is 1. The second kappa shape index (κ2) is 4.73. The van der Waals surface area contributed by atoms with Crippen LogP contribution in [0.15, 0.2) is 47.4 Å². The summed E-state index contributed by atoms with van der Waals surface area (Å²) >= 11 is 0. The van der Waals surface area contributed by atoms with Crippen LogP contribution in [0.4, 0.5) is 4.39 Å². The molecule has 0 bridgehead atoms. The molecule has 2 aromatic heterocycles. The average Bonchev–Trinajstić information content (AvgIpc) is 2.46. The second-order valence-corrected chi connectivity index (χ2v) is 4.19. The molecule has 0 fully saturated rings. The molecular formula is C14H10FN3O2. The third-order valence-electron chi connectivity index (χ3n) is 2.87. The van der Waals surface area contributed by atoms with Crippen molar-refractivity contribution in [3.63, 3.8) is 0 Å². The molecule has 3 aromatic rings. The van der Waals surface area contributed by atoms with Gasteiger partial charge in [0.2, 0.25) is 0 Å². The molecular weight excluding hydrogens is 261 g/mol. The largest absolute Gasteiger partial charge is 0.421 e. The Labute approximate surface area is 113 Å². The Hall–Kier alpha value is -2.76. The van der Waals surface area contributed by atoms with Crippen molar-refractivity contribution in [3.05, 3.63) is 58.8 Å². The zero-order chi connectivity index (χ0) is 14.1. The summed E-state index contributed by atoms with van der Waals surface area (Å²) in [6.45, 7) is 0. The van der Waals surface area contributed by atoms with Crippen LogP contribution < -0.4 is 10.3 Å². The number of aromatic nitrogens is 3. The molecule has 3 rings (SSSR count). The van der Waals surface area contributed by atoms with Gasteiger partial charge in [-0.25, -0.2) is 9.37 Å². The van der Waals surface area contributed by atoms with Crippen molar-refractivity contribution in [2.24, 2.45) is 7.05 Å². The number of halogens is 1. The number of aryl methyl sites for hydroxylation is 1. The lowest BCUT2D eigenvalue weighted by Crippen LogP contribution is -2.16. The van der Waals surface area contributed by atoms with Crippen LogP contribution in [0.1, 0.15) is 0 Å². The van der Waals surface area contributed by atoms with Crippen molar-refractivity contribution in [2.75, 3.05) is 0 Å². The van der Waals surface area contributed by atoms with Gasteiger partial charge in [-0.15, -0.1) is 0 Å². The van der Waals surface area contributed by atoms with Crippen LogP contribution in [0.25, 0.3) is 11.0 Å². The first kappa shape index (κ1) is 12.3. The minimum atomic E-state index is -0.502. The highest BCUT2D eigenvalue weighted by molar-refractivity contribution is 5.73. The summed E-state index contributed by atoms with van der Waals surface area (Å²) in [4.78, 5) is 19.7. The van der Waals surface area contributed by atoms with Crippen molar-refractivity contribution in [2.45, 2.75) is 0 Å². The molecule has 0 aliphatic rings. The molecule has 100 valence electrons. The molecule has 0 saturated carbocycles. The third-order valence-corrected chi connectivity index (χ3v) is 2.87. The van der Waals surface area contributed by atoms with Crippen LogP contribution in [0, 0.1) is 5.82 Å².